The van der Waals surface area contributed by atoms with E-state index in [1.165, 1.54) is 18.4 Å². The van der Waals surface area contributed by atoms with Crippen molar-refractivity contribution in [3.8, 4) is 23.0 Å². The third kappa shape index (κ3) is 4.32. The second-order valence-electron chi connectivity index (χ2n) is 8.97. The van der Waals surface area contributed by atoms with Crippen LogP contribution in [0.1, 0.15) is 60.0 Å². The molecule has 0 spiro atoms. The van der Waals surface area contributed by atoms with E-state index in [2.05, 4.69) is 30.3 Å². The Balaban J connectivity index is 1.50. The van der Waals surface area contributed by atoms with Crippen molar-refractivity contribution in [2.45, 2.75) is 50.4 Å². The van der Waals surface area contributed by atoms with Crippen LogP contribution in [0.3, 0.4) is 0 Å². The number of rotatable bonds is 7. The largest absolute Gasteiger partial charge is 0.493 e. The fourth-order valence-corrected chi connectivity index (χ4v) is 5.28. The first-order chi connectivity index (χ1) is 16.7. The van der Waals surface area contributed by atoms with Gasteiger partial charge in [-0.3, -0.25) is 0 Å². The van der Waals surface area contributed by atoms with Gasteiger partial charge in [0.05, 0.1) is 27.4 Å². The third-order valence-electron chi connectivity index (χ3n) is 7.01. The molecule has 34 heavy (non-hydrogen) atoms. The summed E-state index contributed by atoms with van der Waals surface area (Å²) in [5.41, 5.74) is 4.60. The highest BCUT2D eigenvalue weighted by molar-refractivity contribution is 5.54. The molecular formula is C29H32O5. The van der Waals surface area contributed by atoms with Crippen molar-refractivity contribution in [2.24, 2.45) is 0 Å². The van der Waals surface area contributed by atoms with Gasteiger partial charge in [0.15, 0.2) is 23.0 Å². The Bertz CT molecular complexity index is 1130. The van der Waals surface area contributed by atoms with Crippen molar-refractivity contribution >= 4 is 0 Å². The fourth-order valence-electron chi connectivity index (χ4n) is 5.28. The van der Waals surface area contributed by atoms with E-state index in [0.717, 1.165) is 41.0 Å². The molecule has 2 aliphatic rings. The molecule has 1 fully saturated rings. The molecule has 3 aromatic carbocycles. The molecule has 0 saturated heterocycles. The Kier molecular flexibility index (Phi) is 6.63. The molecule has 0 N–H and O–H groups in total. The molecule has 0 amide bonds. The normalized spacial score (nSPS) is 21.2. The van der Waals surface area contributed by atoms with Crippen molar-refractivity contribution in [3.05, 3.63) is 82.9 Å². The molecular weight excluding hydrogens is 428 g/mol. The van der Waals surface area contributed by atoms with Crippen molar-refractivity contribution in [2.75, 3.05) is 21.3 Å². The van der Waals surface area contributed by atoms with E-state index in [9.17, 15) is 0 Å². The monoisotopic (exact) mass is 460 g/mol. The highest BCUT2D eigenvalue weighted by Crippen LogP contribution is 2.50. The summed E-state index contributed by atoms with van der Waals surface area (Å²) in [4.78, 5) is 0. The Morgan fingerprint density at radius 1 is 0.735 bits per heavy atom. The van der Waals surface area contributed by atoms with Gasteiger partial charge in [0.2, 0.25) is 0 Å². The minimum absolute atomic E-state index is 0.198. The van der Waals surface area contributed by atoms with Gasteiger partial charge in [-0.15, -0.1) is 0 Å². The summed E-state index contributed by atoms with van der Waals surface area (Å²) < 4.78 is 29.8. The van der Waals surface area contributed by atoms with Crippen LogP contribution in [-0.2, 0) is 11.3 Å². The Morgan fingerprint density at radius 3 is 2.15 bits per heavy atom. The van der Waals surface area contributed by atoms with E-state index in [1.54, 1.807) is 21.3 Å². The molecule has 1 heterocycles. The van der Waals surface area contributed by atoms with Crippen molar-refractivity contribution in [1.29, 1.82) is 0 Å². The van der Waals surface area contributed by atoms with Gasteiger partial charge in [-0.05, 0) is 59.4 Å². The van der Waals surface area contributed by atoms with Crippen molar-refractivity contribution in [3.63, 3.8) is 0 Å². The first-order valence-electron chi connectivity index (χ1n) is 12.0. The lowest BCUT2D eigenvalue weighted by Gasteiger charge is -2.41. The molecule has 5 nitrogen and oxygen atoms in total. The Morgan fingerprint density at radius 2 is 1.41 bits per heavy atom. The summed E-state index contributed by atoms with van der Waals surface area (Å²) in [6.07, 6.45) is 4.63. The lowest BCUT2D eigenvalue weighted by molar-refractivity contribution is -0.0391. The van der Waals surface area contributed by atoms with E-state index in [1.807, 2.05) is 30.3 Å². The maximum absolute atomic E-state index is 6.75. The predicted octanol–water partition coefficient (Wildman–Crippen LogP) is 6.44. The van der Waals surface area contributed by atoms with E-state index in [4.69, 9.17) is 23.7 Å². The highest BCUT2D eigenvalue weighted by Gasteiger charge is 2.39. The zero-order valence-electron chi connectivity index (χ0n) is 20.1. The number of ether oxygens (including phenoxy) is 5. The molecule has 5 rings (SSSR count). The number of methoxy groups -OCH3 is 3. The van der Waals surface area contributed by atoms with Crippen LogP contribution in [0.25, 0.3) is 0 Å². The summed E-state index contributed by atoms with van der Waals surface area (Å²) in [7, 11) is 5.04. The second-order valence-corrected chi connectivity index (χ2v) is 8.97. The standard InChI is InChI=1S/C29H32O5/c1-30-26-15-20(13-14-25(26)33-18-19-9-5-4-6-10-19)29-23-17-28(32-3)27(31-2)16-22(23)21-11-7-8-12-24(21)34-29/h4-6,9-10,13-17,21,24,29H,7-8,11-12,18H2,1-3H3/t21-,24+,29-/m0/s1. The van der Waals surface area contributed by atoms with Crippen LogP contribution in [-0.4, -0.2) is 27.4 Å². The lowest BCUT2D eigenvalue weighted by Crippen LogP contribution is -2.33. The maximum atomic E-state index is 6.75. The fraction of sp³-hybridized carbons (Fsp3) is 0.379. The molecule has 1 aliphatic heterocycles. The van der Waals surface area contributed by atoms with Crippen LogP contribution in [0.5, 0.6) is 23.0 Å². The topological polar surface area (TPSA) is 46.2 Å². The van der Waals surface area contributed by atoms with Crippen LogP contribution >= 0.6 is 0 Å². The Hall–Kier alpha value is -3.18. The number of fused-ring (bicyclic) bond motifs is 3. The summed E-state index contributed by atoms with van der Waals surface area (Å²) in [5.74, 6) is 3.29. The molecule has 3 atom stereocenters. The van der Waals surface area contributed by atoms with Crippen LogP contribution < -0.4 is 18.9 Å². The van der Waals surface area contributed by atoms with Gasteiger partial charge in [0.1, 0.15) is 12.7 Å². The van der Waals surface area contributed by atoms with Crippen LogP contribution in [0.4, 0.5) is 0 Å². The minimum atomic E-state index is -0.203. The van der Waals surface area contributed by atoms with Gasteiger partial charge >= 0.3 is 0 Å². The van der Waals surface area contributed by atoms with Crippen molar-refractivity contribution < 1.29 is 23.7 Å². The molecule has 178 valence electrons. The maximum Gasteiger partial charge on any atom is 0.161 e. The second kappa shape index (κ2) is 9.98. The lowest BCUT2D eigenvalue weighted by atomic mass is 9.76. The zero-order valence-corrected chi connectivity index (χ0v) is 20.1. The van der Waals surface area contributed by atoms with E-state index >= 15 is 0 Å². The van der Waals surface area contributed by atoms with Gasteiger partial charge < -0.3 is 23.7 Å². The number of hydrogen-bond donors (Lipinski definition) is 0. The molecule has 3 aromatic rings. The predicted molar refractivity (Wildman–Crippen MR) is 131 cm³/mol. The minimum Gasteiger partial charge on any atom is -0.493 e. The van der Waals surface area contributed by atoms with Gasteiger partial charge in [-0.25, -0.2) is 0 Å². The van der Waals surface area contributed by atoms with Gasteiger partial charge in [-0.2, -0.15) is 0 Å². The first-order valence-corrected chi connectivity index (χ1v) is 12.0. The summed E-state index contributed by atoms with van der Waals surface area (Å²) in [5, 5.41) is 0. The smallest absolute Gasteiger partial charge is 0.161 e. The van der Waals surface area contributed by atoms with Crippen LogP contribution in [0.15, 0.2) is 60.7 Å². The summed E-state index contributed by atoms with van der Waals surface area (Å²) in [6.45, 7) is 0.486. The van der Waals surface area contributed by atoms with Gasteiger partial charge in [-0.1, -0.05) is 49.2 Å². The molecule has 5 heteroatoms. The van der Waals surface area contributed by atoms with Crippen molar-refractivity contribution in [1.82, 2.24) is 0 Å². The summed E-state index contributed by atoms with van der Waals surface area (Å²) in [6, 6.07) is 20.5. The third-order valence-corrected chi connectivity index (χ3v) is 7.01. The quantitative estimate of drug-likeness (QED) is 0.406. The average Bonchev–Trinajstić information content (AvgIpc) is 2.91. The Labute approximate surface area is 201 Å². The molecule has 0 aromatic heterocycles. The molecule has 0 radical (unpaired) electrons. The first kappa shape index (κ1) is 22.6. The molecule has 0 bridgehead atoms. The SMILES string of the molecule is COc1cc2c(cc1OC)[C@@H]1CCCC[C@H]1O[C@H]2c1ccc(OCc2ccccc2)c(OC)c1. The van der Waals surface area contributed by atoms with E-state index in [-0.39, 0.29) is 12.2 Å². The van der Waals surface area contributed by atoms with E-state index < -0.39 is 0 Å². The average molecular weight is 461 g/mol. The van der Waals surface area contributed by atoms with Gasteiger partial charge in [0, 0.05) is 5.92 Å². The van der Waals surface area contributed by atoms with Gasteiger partial charge in [0.25, 0.3) is 0 Å². The highest BCUT2D eigenvalue weighted by atomic mass is 16.5. The number of hydrogen-bond acceptors (Lipinski definition) is 5. The molecule has 1 aliphatic carbocycles. The number of benzene rings is 3. The summed E-state index contributed by atoms with van der Waals surface area (Å²) >= 11 is 0. The zero-order chi connectivity index (χ0) is 23.5. The van der Waals surface area contributed by atoms with E-state index in [0.29, 0.717) is 24.0 Å². The molecule has 1 saturated carbocycles. The molecule has 0 unspecified atom stereocenters. The van der Waals surface area contributed by atoms with Crippen LogP contribution in [0, 0.1) is 0 Å². The van der Waals surface area contributed by atoms with Crippen LogP contribution in [0.2, 0.25) is 0 Å².